The van der Waals surface area contributed by atoms with Crippen molar-refractivity contribution in [3.63, 3.8) is 0 Å². The largest absolute Gasteiger partial charge is 0.373 e. The van der Waals surface area contributed by atoms with Crippen molar-refractivity contribution >= 4 is 15.7 Å². The molecule has 0 spiro atoms. The Morgan fingerprint density at radius 1 is 1.28 bits per heavy atom. The Labute approximate surface area is 107 Å². The van der Waals surface area contributed by atoms with Crippen molar-refractivity contribution < 1.29 is 8.42 Å². The molecule has 1 aromatic rings. The number of rotatable bonds is 2. The standard InChI is InChI=1S/C12H17N3O2S/c1-13-12-9-3-2-4-10(9)14-11(15-12)8-5-6-18(16,17)7-8/h8H,2-7H2,1H3,(H,13,14,15). The van der Waals surface area contributed by atoms with E-state index in [-0.39, 0.29) is 17.4 Å². The van der Waals surface area contributed by atoms with E-state index in [1.807, 2.05) is 7.05 Å². The lowest BCUT2D eigenvalue weighted by molar-refractivity contribution is 0.601. The molecule has 1 aromatic heterocycles. The van der Waals surface area contributed by atoms with Crippen LogP contribution in [-0.4, -0.2) is 36.9 Å². The highest BCUT2D eigenvalue weighted by Gasteiger charge is 2.32. The van der Waals surface area contributed by atoms with E-state index < -0.39 is 9.84 Å². The van der Waals surface area contributed by atoms with E-state index in [0.29, 0.717) is 12.2 Å². The fourth-order valence-corrected chi connectivity index (χ4v) is 4.58. The molecule has 1 unspecified atom stereocenters. The molecule has 1 atom stereocenters. The second-order valence-corrected chi connectivity index (χ2v) is 7.29. The Kier molecular flexibility index (Phi) is 2.77. The molecule has 5 nitrogen and oxygen atoms in total. The van der Waals surface area contributed by atoms with Crippen LogP contribution in [0.1, 0.15) is 35.8 Å². The van der Waals surface area contributed by atoms with Gasteiger partial charge in [0.15, 0.2) is 9.84 Å². The quantitative estimate of drug-likeness (QED) is 0.862. The fourth-order valence-electron chi connectivity index (χ4n) is 2.84. The van der Waals surface area contributed by atoms with Crippen LogP contribution in [0.5, 0.6) is 0 Å². The first-order valence-electron chi connectivity index (χ1n) is 6.37. The number of nitrogens with zero attached hydrogens (tertiary/aromatic N) is 2. The molecule has 0 saturated carbocycles. The zero-order chi connectivity index (χ0) is 12.8. The fraction of sp³-hybridized carbons (Fsp3) is 0.667. The molecule has 0 radical (unpaired) electrons. The van der Waals surface area contributed by atoms with Crippen molar-refractivity contribution in [2.45, 2.75) is 31.6 Å². The van der Waals surface area contributed by atoms with Crippen LogP contribution in [0.3, 0.4) is 0 Å². The van der Waals surface area contributed by atoms with Gasteiger partial charge < -0.3 is 5.32 Å². The molecule has 1 fully saturated rings. The molecule has 2 aliphatic rings. The van der Waals surface area contributed by atoms with Crippen molar-refractivity contribution in [3.8, 4) is 0 Å². The van der Waals surface area contributed by atoms with Gasteiger partial charge in [0.25, 0.3) is 0 Å². The Bertz CT molecular complexity index is 583. The SMILES string of the molecule is CNc1nc(C2CCS(=O)(=O)C2)nc2c1CCC2. The first-order chi connectivity index (χ1) is 8.59. The Morgan fingerprint density at radius 2 is 2.11 bits per heavy atom. The van der Waals surface area contributed by atoms with Crippen molar-refractivity contribution in [2.24, 2.45) is 0 Å². The number of hydrogen-bond donors (Lipinski definition) is 1. The maximum atomic E-state index is 11.5. The second-order valence-electron chi connectivity index (χ2n) is 5.06. The molecule has 0 bridgehead atoms. The maximum Gasteiger partial charge on any atom is 0.151 e. The Balaban J connectivity index is 1.99. The third-order valence-electron chi connectivity index (χ3n) is 3.78. The Hall–Kier alpha value is -1.17. The highest BCUT2D eigenvalue weighted by atomic mass is 32.2. The van der Waals surface area contributed by atoms with Gasteiger partial charge in [-0.3, -0.25) is 0 Å². The van der Waals surface area contributed by atoms with Gasteiger partial charge in [0.05, 0.1) is 11.5 Å². The highest BCUT2D eigenvalue weighted by Crippen LogP contribution is 2.31. The lowest BCUT2D eigenvalue weighted by Crippen LogP contribution is -2.11. The van der Waals surface area contributed by atoms with Gasteiger partial charge in [0, 0.05) is 24.2 Å². The molecule has 2 heterocycles. The zero-order valence-electron chi connectivity index (χ0n) is 10.4. The van der Waals surface area contributed by atoms with Gasteiger partial charge in [0.1, 0.15) is 11.6 Å². The number of aromatic nitrogens is 2. The second kappa shape index (κ2) is 4.19. The summed E-state index contributed by atoms with van der Waals surface area (Å²) in [6, 6.07) is 0. The van der Waals surface area contributed by atoms with E-state index in [1.54, 1.807) is 0 Å². The predicted molar refractivity (Wildman–Crippen MR) is 69.6 cm³/mol. The van der Waals surface area contributed by atoms with E-state index in [0.717, 1.165) is 30.8 Å². The average Bonchev–Trinajstić information content (AvgIpc) is 2.93. The van der Waals surface area contributed by atoms with E-state index in [4.69, 9.17) is 0 Å². The Morgan fingerprint density at radius 3 is 2.78 bits per heavy atom. The molecule has 18 heavy (non-hydrogen) atoms. The van der Waals surface area contributed by atoms with E-state index in [9.17, 15) is 8.42 Å². The summed E-state index contributed by atoms with van der Waals surface area (Å²) in [5.41, 5.74) is 2.32. The van der Waals surface area contributed by atoms with Gasteiger partial charge in [-0.2, -0.15) is 0 Å². The third-order valence-corrected chi connectivity index (χ3v) is 5.55. The molecular weight excluding hydrogens is 250 g/mol. The minimum absolute atomic E-state index is 0.0204. The number of nitrogens with one attached hydrogen (secondary N) is 1. The molecule has 1 aliphatic heterocycles. The van der Waals surface area contributed by atoms with Crippen LogP contribution >= 0.6 is 0 Å². The number of hydrogen-bond acceptors (Lipinski definition) is 5. The molecule has 3 rings (SSSR count). The normalized spacial score (nSPS) is 25.1. The van der Waals surface area contributed by atoms with Crippen LogP contribution in [0.15, 0.2) is 0 Å². The smallest absolute Gasteiger partial charge is 0.151 e. The van der Waals surface area contributed by atoms with Gasteiger partial charge >= 0.3 is 0 Å². The minimum Gasteiger partial charge on any atom is -0.373 e. The lowest BCUT2D eigenvalue weighted by Gasteiger charge is -2.12. The summed E-state index contributed by atoms with van der Waals surface area (Å²) >= 11 is 0. The van der Waals surface area contributed by atoms with Crippen LogP contribution in [0.25, 0.3) is 0 Å². The summed E-state index contributed by atoms with van der Waals surface area (Å²) in [4.78, 5) is 9.12. The van der Waals surface area contributed by atoms with Crippen LogP contribution in [0, 0.1) is 0 Å². The monoisotopic (exact) mass is 267 g/mol. The van der Waals surface area contributed by atoms with E-state index >= 15 is 0 Å². The van der Waals surface area contributed by atoms with Gasteiger partial charge in [-0.25, -0.2) is 18.4 Å². The van der Waals surface area contributed by atoms with Crippen LogP contribution < -0.4 is 5.32 Å². The van der Waals surface area contributed by atoms with Crippen molar-refractivity contribution in [1.29, 1.82) is 0 Å². The molecular formula is C12H17N3O2S. The van der Waals surface area contributed by atoms with Crippen LogP contribution in [0.4, 0.5) is 5.82 Å². The number of sulfone groups is 1. The zero-order valence-corrected chi connectivity index (χ0v) is 11.3. The third kappa shape index (κ3) is 1.98. The van der Waals surface area contributed by atoms with Gasteiger partial charge in [-0.1, -0.05) is 0 Å². The first-order valence-corrected chi connectivity index (χ1v) is 8.19. The molecule has 0 aromatic carbocycles. The van der Waals surface area contributed by atoms with Gasteiger partial charge in [0.2, 0.25) is 0 Å². The van der Waals surface area contributed by atoms with Crippen LogP contribution in [-0.2, 0) is 22.7 Å². The summed E-state index contributed by atoms with van der Waals surface area (Å²) in [6.45, 7) is 0. The van der Waals surface area contributed by atoms with Crippen molar-refractivity contribution in [1.82, 2.24) is 9.97 Å². The molecule has 0 amide bonds. The molecule has 1 aliphatic carbocycles. The van der Waals surface area contributed by atoms with Crippen LogP contribution in [0.2, 0.25) is 0 Å². The maximum absolute atomic E-state index is 11.5. The van der Waals surface area contributed by atoms with Gasteiger partial charge in [-0.15, -0.1) is 0 Å². The van der Waals surface area contributed by atoms with Crippen molar-refractivity contribution in [2.75, 3.05) is 23.9 Å². The summed E-state index contributed by atoms with van der Waals surface area (Å²) in [5, 5.41) is 3.11. The average molecular weight is 267 g/mol. The number of anilines is 1. The number of aryl methyl sites for hydroxylation is 1. The molecule has 6 heteroatoms. The first kappa shape index (κ1) is 11.9. The predicted octanol–water partition coefficient (Wildman–Crippen LogP) is 0.909. The lowest BCUT2D eigenvalue weighted by atomic mass is 10.1. The summed E-state index contributed by atoms with van der Waals surface area (Å²) in [5.74, 6) is 2.05. The topological polar surface area (TPSA) is 72.0 Å². The minimum atomic E-state index is -2.88. The summed E-state index contributed by atoms with van der Waals surface area (Å²) in [7, 11) is -1.02. The summed E-state index contributed by atoms with van der Waals surface area (Å²) < 4.78 is 23.1. The molecule has 1 N–H and O–H groups in total. The van der Waals surface area contributed by atoms with Gasteiger partial charge in [-0.05, 0) is 25.7 Å². The van der Waals surface area contributed by atoms with E-state index in [1.165, 1.54) is 5.56 Å². The molecule has 1 saturated heterocycles. The van der Waals surface area contributed by atoms with Crippen molar-refractivity contribution in [3.05, 3.63) is 17.1 Å². The number of fused-ring (bicyclic) bond motifs is 1. The molecule has 98 valence electrons. The van der Waals surface area contributed by atoms with E-state index in [2.05, 4.69) is 15.3 Å². The summed E-state index contributed by atoms with van der Waals surface area (Å²) in [6.07, 6.45) is 3.78. The highest BCUT2D eigenvalue weighted by molar-refractivity contribution is 7.91.